The van der Waals surface area contributed by atoms with Gasteiger partial charge >= 0.3 is 5.97 Å². The van der Waals surface area contributed by atoms with Crippen LogP contribution in [0.5, 0.6) is 0 Å². The summed E-state index contributed by atoms with van der Waals surface area (Å²) in [6, 6.07) is 12.4. The van der Waals surface area contributed by atoms with E-state index < -0.39 is 5.97 Å². The van der Waals surface area contributed by atoms with E-state index in [0.717, 1.165) is 17.7 Å². The van der Waals surface area contributed by atoms with Crippen LogP contribution in [0.25, 0.3) is 10.8 Å². The minimum atomic E-state index is -1.12. The molecule has 9 heteroatoms. The molecule has 1 amide bonds. The van der Waals surface area contributed by atoms with Crippen LogP contribution in [0.15, 0.2) is 58.2 Å². The lowest BCUT2D eigenvalue weighted by Crippen LogP contribution is -2.31. The van der Waals surface area contributed by atoms with Gasteiger partial charge in [0.05, 0.1) is 31.3 Å². The van der Waals surface area contributed by atoms with Gasteiger partial charge in [-0.2, -0.15) is 0 Å². The van der Waals surface area contributed by atoms with Crippen LogP contribution in [0.2, 0.25) is 0 Å². The van der Waals surface area contributed by atoms with Gasteiger partial charge in [-0.25, -0.2) is 9.48 Å². The van der Waals surface area contributed by atoms with Crippen LogP contribution in [-0.2, 0) is 30.7 Å². The second-order valence-electron chi connectivity index (χ2n) is 8.25. The Morgan fingerprint density at radius 1 is 1.18 bits per heavy atom. The second kappa shape index (κ2) is 9.34. The summed E-state index contributed by atoms with van der Waals surface area (Å²) in [7, 11) is 0. The predicted octanol–water partition coefficient (Wildman–Crippen LogP) is 4.01. The van der Waals surface area contributed by atoms with Crippen LogP contribution in [0.4, 0.5) is 0 Å². The Labute approximate surface area is 200 Å². The number of benzene rings is 2. The highest BCUT2D eigenvalue weighted by Crippen LogP contribution is 2.36. The third kappa shape index (κ3) is 4.31. The number of hydrogen-bond donors (Lipinski definition) is 1. The number of rotatable bonds is 9. The zero-order valence-electron chi connectivity index (χ0n) is 18.7. The largest absolute Gasteiger partial charge is 0.475 e. The molecule has 0 saturated heterocycles. The van der Waals surface area contributed by atoms with Gasteiger partial charge in [-0.1, -0.05) is 29.5 Å². The molecule has 1 aliphatic carbocycles. The molecule has 34 heavy (non-hydrogen) atoms. The molecule has 2 heterocycles. The molecular formula is C25H24N4O4S. The fraction of sp³-hybridized carbons (Fsp3) is 0.280. The highest BCUT2D eigenvalue weighted by molar-refractivity contribution is 8.00. The molecule has 2 aromatic carbocycles. The lowest BCUT2D eigenvalue weighted by Gasteiger charge is -2.19. The number of hydrogen-bond acceptors (Lipinski definition) is 6. The van der Waals surface area contributed by atoms with Crippen molar-refractivity contribution in [3.8, 4) is 0 Å². The first-order valence-electron chi connectivity index (χ1n) is 11.2. The Kier molecular flexibility index (Phi) is 6.10. The van der Waals surface area contributed by atoms with Gasteiger partial charge in [-0.3, -0.25) is 4.79 Å². The zero-order valence-corrected chi connectivity index (χ0v) is 19.5. The van der Waals surface area contributed by atoms with Crippen molar-refractivity contribution in [2.45, 2.75) is 37.8 Å². The summed E-state index contributed by atoms with van der Waals surface area (Å²) >= 11 is 1.57. The minimum Gasteiger partial charge on any atom is -0.475 e. The van der Waals surface area contributed by atoms with Crippen LogP contribution in [-0.4, -0.2) is 49.2 Å². The zero-order chi connectivity index (χ0) is 23.7. The monoisotopic (exact) mass is 476 g/mol. The van der Waals surface area contributed by atoms with Gasteiger partial charge < -0.3 is 14.4 Å². The normalized spacial score (nSPS) is 12.4. The number of aryl methyl sites for hydroxylation is 2. The maximum atomic E-state index is 13.0. The number of amides is 1. The molecule has 0 unspecified atom stereocenters. The van der Waals surface area contributed by atoms with E-state index in [1.807, 2.05) is 6.92 Å². The Morgan fingerprint density at radius 2 is 2.00 bits per heavy atom. The van der Waals surface area contributed by atoms with Gasteiger partial charge in [-0.15, -0.1) is 16.9 Å². The van der Waals surface area contributed by atoms with Crippen molar-refractivity contribution in [2.24, 2.45) is 0 Å². The standard InChI is InChI=1S/C25H24N4O4S/c1-2-28(13-19-14-29(27-26-19)12-18-10-11-33-24(18)25(31)32)22(30)15-34-21-9-8-17-7-6-16-4-3-5-20(21)23(16)17/h3-5,8-11,14H,2,6-7,12-13,15H2,1H3,(H,31,32). The molecule has 5 rings (SSSR count). The summed E-state index contributed by atoms with van der Waals surface area (Å²) in [6.45, 7) is 3.07. The van der Waals surface area contributed by atoms with E-state index in [4.69, 9.17) is 4.42 Å². The third-order valence-electron chi connectivity index (χ3n) is 6.13. The number of carboxylic acid groups (broad SMARTS) is 1. The van der Waals surface area contributed by atoms with Crippen LogP contribution in [0.3, 0.4) is 0 Å². The van der Waals surface area contributed by atoms with Gasteiger partial charge in [0, 0.05) is 17.0 Å². The first-order chi connectivity index (χ1) is 16.5. The molecule has 0 bridgehead atoms. The van der Waals surface area contributed by atoms with Gasteiger partial charge in [0.15, 0.2) is 0 Å². The maximum absolute atomic E-state index is 13.0. The smallest absolute Gasteiger partial charge is 0.372 e. The number of nitrogens with zero attached hydrogens (tertiary/aromatic N) is 4. The third-order valence-corrected chi connectivity index (χ3v) is 7.19. The number of furan rings is 1. The minimum absolute atomic E-state index is 0.0355. The van der Waals surface area contributed by atoms with E-state index >= 15 is 0 Å². The fourth-order valence-electron chi connectivity index (χ4n) is 4.46. The topological polar surface area (TPSA) is 101 Å². The maximum Gasteiger partial charge on any atom is 0.372 e. The molecule has 0 atom stereocenters. The molecular weight excluding hydrogens is 452 g/mol. The molecule has 174 valence electrons. The van der Waals surface area contributed by atoms with Crippen molar-refractivity contribution >= 4 is 34.4 Å². The number of carboxylic acids is 1. The highest BCUT2D eigenvalue weighted by atomic mass is 32.2. The van der Waals surface area contributed by atoms with E-state index in [-0.39, 0.29) is 18.2 Å². The summed E-state index contributed by atoms with van der Waals surface area (Å²) in [6.07, 6.45) is 5.24. The summed E-state index contributed by atoms with van der Waals surface area (Å²) < 4.78 is 6.56. The molecule has 2 aromatic heterocycles. The Hall–Kier alpha value is -3.59. The molecule has 4 aromatic rings. The summed E-state index contributed by atoms with van der Waals surface area (Å²) in [5.74, 6) is -0.853. The van der Waals surface area contributed by atoms with Gasteiger partial charge in [0.2, 0.25) is 11.7 Å². The Bertz CT molecular complexity index is 1370. The van der Waals surface area contributed by atoms with Crippen LogP contribution < -0.4 is 0 Å². The van der Waals surface area contributed by atoms with Crippen molar-refractivity contribution in [3.05, 3.63) is 77.0 Å². The number of carbonyl (C=O) groups is 2. The summed E-state index contributed by atoms with van der Waals surface area (Å²) in [4.78, 5) is 27.1. The van der Waals surface area contributed by atoms with Crippen molar-refractivity contribution in [1.29, 1.82) is 0 Å². The van der Waals surface area contributed by atoms with E-state index in [9.17, 15) is 14.7 Å². The highest BCUT2D eigenvalue weighted by Gasteiger charge is 2.19. The SMILES string of the molecule is CCN(Cc1cn(Cc2ccoc2C(=O)O)nn1)C(=O)CSc1ccc2c3c(cccc13)CC2. The molecule has 1 N–H and O–H groups in total. The Balaban J connectivity index is 1.23. The Morgan fingerprint density at radius 3 is 2.79 bits per heavy atom. The molecule has 0 fully saturated rings. The molecule has 0 aliphatic heterocycles. The first kappa shape index (κ1) is 22.2. The van der Waals surface area contributed by atoms with Gasteiger partial charge in [-0.05, 0) is 53.8 Å². The molecule has 1 aliphatic rings. The van der Waals surface area contributed by atoms with Crippen molar-refractivity contribution in [2.75, 3.05) is 12.3 Å². The predicted molar refractivity (Wildman–Crippen MR) is 128 cm³/mol. The van der Waals surface area contributed by atoms with E-state index in [0.29, 0.717) is 30.1 Å². The molecule has 0 radical (unpaired) electrons. The summed E-state index contributed by atoms with van der Waals surface area (Å²) in [5, 5.41) is 20.0. The van der Waals surface area contributed by atoms with Crippen molar-refractivity contribution < 1.29 is 19.1 Å². The first-order valence-corrected chi connectivity index (χ1v) is 12.1. The quantitative estimate of drug-likeness (QED) is 0.364. The van der Waals surface area contributed by atoms with Crippen LogP contribution in [0.1, 0.15) is 39.9 Å². The number of aromatic nitrogens is 3. The fourth-order valence-corrected chi connectivity index (χ4v) is 5.41. The van der Waals surface area contributed by atoms with Gasteiger partial charge in [0.25, 0.3) is 0 Å². The van der Waals surface area contributed by atoms with E-state index in [2.05, 4.69) is 40.6 Å². The lowest BCUT2D eigenvalue weighted by atomic mass is 10.1. The molecule has 0 saturated carbocycles. The van der Waals surface area contributed by atoms with Gasteiger partial charge in [0.1, 0.15) is 5.69 Å². The second-order valence-corrected chi connectivity index (χ2v) is 9.26. The number of thioether (sulfide) groups is 1. The average Bonchev–Trinajstić information content (AvgIpc) is 3.58. The average molecular weight is 477 g/mol. The molecule has 8 nitrogen and oxygen atoms in total. The number of carbonyl (C=O) groups excluding carboxylic acids is 1. The number of aromatic carboxylic acids is 1. The van der Waals surface area contributed by atoms with E-state index in [1.165, 1.54) is 28.2 Å². The lowest BCUT2D eigenvalue weighted by molar-refractivity contribution is -0.128. The van der Waals surface area contributed by atoms with Crippen LogP contribution >= 0.6 is 11.8 Å². The van der Waals surface area contributed by atoms with E-state index in [1.54, 1.807) is 33.6 Å². The van der Waals surface area contributed by atoms with Crippen molar-refractivity contribution in [1.82, 2.24) is 19.9 Å². The van der Waals surface area contributed by atoms with Crippen molar-refractivity contribution in [3.63, 3.8) is 0 Å². The van der Waals surface area contributed by atoms with Crippen LogP contribution in [0, 0.1) is 0 Å². The summed E-state index contributed by atoms with van der Waals surface area (Å²) in [5.41, 5.74) is 3.94. The molecule has 0 spiro atoms.